The van der Waals surface area contributed by atoms with Crippen molar-refractivity contribution < 1.29 is 4.79 Å². The van der Waals surface area contributed by atoms with Gasteiger partial charge in [0.05, 0.1) is 10.9 Å². The Morgan fingerprint density at radius 2 is 2.16 bits per heavy atom. The van der Waals surface area contributed by atoms with Crippen molar-refractivity contribution in [2.24, 2.45) is 0 Å². The number of benzene rings is 1. The molecule has 0 bridgehead atoms. The van der Waals surface area contributed by atoms with Crippen LogP contribution < -0.4 is 0 Å². The van der Waals surface area contributed by atoms with Gasteiger partial charge in [0.2, 0.25) is 0 Å². The molecule has 0 unspecified atom stereocenters. The lowest BCUT2D eigenvalue weighted by Gasteiger charge is -2.20. The molecule has 0 fully saturated rings. The van der Waals surface area contributed by atoms with E-state index in [1.54, 1.807) is 0 Å². The van der Waals surface area contributed by atoms with Crippen LogP contribution in [-0.4, -0.2) is 17.4 Å². The lowest BCUT2D eigenvalue weighted by molar-refractivity contribution is 0.0754. The summed E-state index contributed by atoms with van der Waals surface area (Å²) in [5.41, 5.74) is 0.733. The van der Waals surface area contributed by atoms with E-state index in [2.05, 4.69) is 22.6 Å². The Morgan fingerprint density at radius 3 is 2.74 bits per heavy atom. The number of rotatable bonds is 4. The maximum Gasteiger partial charge on any atom is 0.254 e. The number of hydrogen-bond acceptors (Lipinski definition) is 2. The molecule has 0 radical (unpaired) electrons. The number of hydrogen-bond donors (Lipinski definition) is 0. The van der Waals surface area contributed by atoms with E-state index in [0.717, 1.165) is 18.3 Å². The quantitative estimate of drug-likeness (QED) is 0.677. The molecule has 0 saturated heterocycles. The molecule has 1 aromatic heterocycles. The minimum atomic E-state index is 0.0607. The number of carbonyl (C=O) groups is 1. The summed E-state index contributed by atoms with van der Waals surface area (Å²) < 4.78 is 1.83. The van der Waals surface area contributed by atoms with Crippen LogP contribution in [0.1, 0.15) is 22.2 Å². The summed E-state index contributed by atoms with van der Waals surface area (Å²) in [7, 11) is 0. The summed E-state index contributed by atoms with van der Waals surface area (Å²) in [6.45, 7) is 3.28. The first kappa shape index (κ1) is 14.8. The van der Waals surface area contributed by atoms with Gasteiger partial charge in [-0.3, -0.25) is 4.79 Å². The molecule has 5 heteroatoms. The number of nitrogens with zero attached hydrogens (tertiary/aromatic N) is 1. The normalized spacial score (nSPS) is 10.5. The topological polar surface area (TPSA) is 20.3 Å². The van der Waals surface area contributed by atoms with Gasteiger partial charge in [0.1, 0.15) is 0 Å². The van der Waals surface area contributed by atoms with Crippen LogP contribution in [0.15, 0.2) is 36.4 Å². The maximum absolute atomic E-state index is 12.4. The van der Waals surface area contributed by atoms with Crippen molar-refractivity contribution in [1.29, 1.82) is 0 Å². The summed E-state index contributed by atoms with van der Waals surface area (Å²) in [4.78, 5) is 15.4. The highest BCUT2D eigenvalue weighted by Crippen LogP contribution is 2.23. The second kappa shape index (κ2) is 6.72. The Bertz CT molecular complexity index is 584. The summed E-state index contributed by atoms with van der Waals surface area (Å²) in [6, 6.07) is 11.5. The lowest BCUT2D eigenvalue weighted by atomic mass is 10.2. The van der Waals surface area contributed by atoms with E-state index < -0.39 is 0 Å². The average molecular weight is 406 g/mol. The Balaban J connectivity index is 2.15. The first-order chi connectivity index (χ1) is 9.10. The molecule has 0 N–H and O–H groups in total. The molecule has 1 heterocycles. The van der Waals surface area contributed by atoms with Crippen LogP contribution in [0.25, 0.3) is 0 Å². The van der Waals surface area contributed by atoms with Gasteiger partial charge in [0.25, 0.3) is 5.91 Å². The van der Waals surface area contributed by atoms with E-state index in [0.29, 0.717) is 13.1 Å². The highest BCUT2D eigenvalue weighted by atomic mass is 127. The van der Waals surface area contributed by atoms with Crippen LogP contribution in [0.5, 0.6) is 0 Å². The van der Waals surface area contributed by atoms with Crippen LogP contribution in [0.2, 0.25) is 4.34 Å². The summed E-state index contributed by atoms with van der Waals surface area (Å²) in [5.74, 6) is 0.0607. The van der Waals surface area contributed by atoms with Gasteiger partial charge in [-0.25, -0.2) is 0 Å². The zero-order chi connectivity index (χ0) is 13.8. The van der Waals surface area contributed by atoms with Crippen molar-refractivity contribution in [3.63, 3.8) is 0 Å². The van der Waals surface area contributed by atoms with E-state index in [1.807, 2.05) is 48.2 Å². The Kier molecular flexibility index (Phi) is 5.24. The van der Waals surface area contributed by atoms with E-state index in [-0.39, 0.29) is 5.91 Å². The van der Waals surface area contributed by atoms with Crippen LogP contribution in [0.3, 0.4) is 0 Å². The first-order valence-electron chi connectivity index (χ1n) is 5.89. The third kappa shape index (κ3) is 3.94. The molecule has 1 amide bonds. The molecule has 0 atom stereocenters. The third-order valence-electron chi connectivity index (χ3n) is 2.72. The van der Waals surface area contributed by atoms with Gasteiger partial charge >= 0.3 is 0 Å². The minimum absolute atomic E-state index is 0.0607. The summed E-state index contributed by atoms with van der Waals surface area (Å²) >= 11 is 9.65. The highest BCUT2D eigenvalue weighted by molar-refractivity contribution is 14.1. The highest BCUT2D eigenvalue weighted by Gasteiger charge is 2.15. The molecule has 2 nitrogen and oxygen atoms in total. The molecule has 0 aliphatic rings. The molecular formula is C14H13ClINOS. The van der Waals surface area contributed by atoms with Crippen LogP contribution in [-0.2, 0) is 6.54 Å². The molecular weight excluding hydrogens is 393 g/mol. The zero-order valence-corrected chi connectivity index (χ0v) is 14.1. The van der Waals surface area contributed by atoms with Crippen molar-refractivity contribution >= 4 is 51.4 Å². The van der Waals surface area contributed by atoms with Crippen molar-refractivity contribution in [1.82, 2.24) is 4.90 Å². The van der Waals surface area contributed by atoms with Crippen LogP contribution >= 0.6 is 45.5 Å². The Labute approximate surface area is 135 Å². The number of halogens is 2. The monoisotopic (exact) mass is 405 g/mol. The number of thiophene rings is 1. The lowest BCUT2D eigenvalue weighted by Crippen LogP contribution is -2.30. The van der Waals surface area contributed by atoms with Gasteiger partial charge < -0.3 is 4.90 Å². The van der Waals surface area contributed by atoms with E-state index >= 15 is 0 Å². The number of amides is 1. The molecule has 2 rings (SSSR count). The fourth-order valence-corrected chi connectivity index (χ4v) is 3.40. The van der Waals surface area contributed by atoms with Gasteiger partial charge in [-0.05, 0) is 59.8 Å². The van der Waals surface area contributed by atoms with E-state index in [1.165, 1.54) is 11.3 Å². The van der Waals surface area contributed by atoms with E-state index in [9.17, 15) is 4.79 Å². The molecule has 2 aromatic rings. The van der Waals surface area contributed by atoms with Crippen molar-refractivity contribution in [3.05, 3.63) is 54.7 Å². The maximum atomic E-state index is 12.4. The zero-order valence-electron chi connectivity index (χ0n) is 10.4. The smallest absolute Gasteiger partial charge is 0.254 e. The van der Waals surface area contributed by atoms with Gasteiger partial charge in [-0.2, -0.15) is 0 Å². The largest absolute Gasteiger partial charge is 0.334 e. The molecule has 1 aromatic carbocycles. The second-order valence-electron chi connectivity index (χ2n) is 4.04. The fraction of sp³-hybridized carbons (Fsp3) is 0.214. The van der Waals surface area contributed by atoms with Crippen LogP contribution in [0, 0.1) is 3.57 Å². The molecule has 19 heavy (non-hydrogen) atoms. The molecule has 0 spiro atoms. The second-order valence-corrected chi connectivity index (χ2v) is 7.08. The molecule has 0 saturated carbocycles. The van der Waals surface area contributed by atoms with Gasteiger partial charge in [0, 0.05) is 20.6 Å². The van der Waals surface area contributed by atoms with Gasteiger partial charge in [-0.1, -0.05) is 17.7 Å². The molecule has 100 valence electrons. The fourth-order valence-electron chi connectivity index (χ4n) is 1.76. The van der Waals surface area contributed by atoms with Gasteiger partial charge in [-0.15, -0.1) is 11.3 Å². The number of carbonyl (C=O) groups excluding carboxylic acids is 1. The Hall–Kier alpha value is -0.590. The Morgan fingerprint density at radius 1 is 1.37 bits per heavy atom. The predicted molar refractivity (Wildman–Crippen MR) is 88.9 cm³/mol. The predicted octanol–water partition coefficient (Wildman–Crippen LogP) is 4.67. The summed E-state index contributed by atoms with van der Waals surface area (Å²) in [6.07, 6.45) is 0. The van der Waals surface area contributed by atoms with Crippen molar-refractivity contribution in [2.75, 3.05) is 6.54 Å². The van der Waals surface area contributed by atoms with Crippen LogP contribution in [0.4, 0.5) is 0 Å². The average Bonchev–Trinajstić information content (AvgIpc) is 2.81. The van der Waals surface area contributed by atoms with Crippen molar-refractivity contribution in [2.45, 2.75) is 13.5 Å². The molecule has 0 aliphatic heterocycles. The molecule has 0 aliphatic carbocycles. The first-order valence-corrected chi connectivity index (χ1v) is 8.16. The summed E-state index contributed by atoms with van der Waals surface area (Å²) in [5, 5.41) is 0. The minimum Gasteiger partial charge on any atom is -0.334 e. The van der Waals surface area contributed by atoms with Gasteiger partial charge in [0.15, 0.2) is 0 Å². The SMILES string of the molecule is CCN(Cc1ccc(Cl)s1)C(=O)c1cccc(I)c1. The van der Waals surface area contributed by atoms with Crippen molar-refractivity contribution in [3.8, 4) is 0 Å². The standard InChI is InChI=1S/C14H13ClINOS/c1-2-17(9-12-6-7-13(15)19-12)14(18)10-4-3-5-11(16)8-10/h3-8H,2,9H2,1H3. The third-order valence-corrected chi connectivity index (χ3v) is 4.60. The van der Waals surface area contributed by atoms with E-state index in [4.69, 9.17) is 11.6 Å².